The van der Waals surface area contributed by atoms with Gasteiger partial charge in [0.1, 0.15) is 0 Å². The molecule has 2 heterocycles. The largest absolute Gasteiger partial charge is 0.343 e. The monoisotopic (exact) mass is 148 g/mol. The van der Waals surface area contributed by atoms with Crippen LogP contribution in [-0.2, 0) is 6.54 Å². The molecule has 2 aromatic rings. The number of aromatic nitrogens is 3. The summed E-state index contributed by atoms with van der Waals surface area (Å²) in [5.74, 6) is 0. The highest BCUT2D eigenvalue weighted by Crippen LogP contribution is 2.10. The van der Waals surface area contributed by atoms with Crippen LogP contribution >= 0.6 is 0 Å². The van der Waals surface area contributed by atoms with E-state index in [1.54, 1.807) is 18.7 Å². The van der Waals surface area contributed by atoms with Gasteiger partial charge in [-0.3, -0.25) is 4.98 Å². The molecule has 0 amide bonds. The smallest absolute Gasteiger partial charge is 0.0958 e. The van der Waals surface area contributed by atoms with Gasteiger partial charge in [-0.1, -0.05) is 0 Å². The van der Waals surface area contributed by atoms with Gasteiger partial charge in [-0.2, -0.15) is 0 Å². The zero-order chi connectivity index (χ0) is 7.68. The molecule has 0 unspecified atom stereocenters. The first-order valence-electron chi connectivity index (χ1n) is 3.38. The third-order valence-electron chi connectivity index (χ3n) is 1.63. The Bertz CT molecular complexity index is 365. The summed E-state index contributed by atoms with van der Waals surface area (Å²) in [4.78, 5) is 11.1. The molecule has 0 atom stereocenters. The normalized spacial score (nSPS) is 10.6. The summed E-state index contributed by atoms with van der Waals surface area (Å²) in [6, 6.07) is 0. The fourth-order valence-electron chi connectivity index (χ4n) is 1.07. The minimum absolute atomic E-state index is 0.481. The number of fused-ring (bicyclic) bond motifs is 1. The van der Waals surface area contributed by atoms with Gasteiger partial charge >= 0.3 is 0 Å². The number of imidazole rings is 1. The second kappa shape index (κ2) is 2.32. The zero-order valence-electron chi connectivity index (χ0n) is 5.91. The topological polar surface area (TPSA) is 67.6 Å². The number of nitrogens with one attached hydrogen (secondary N) is 1. The van der Waals surface area contributed by atoms with Crippen molar-refractivity contribution in [2.24, 2.45) is 5.73 Å². The van der Waals surface area contributed by atoms with Crippen molar-refractivity contribution in [2.75, 3.05) is 0 Å². The molecular formula is C7H8N4. The highest BCUT2D eigenvalue weighted by molar-refractivity contribution is 5.76. The lowest BCUT2D eigenvalue weighted by Crippen LogP contribution is -1.97. The van der Waals surface area contributed by atoms with Gasteiger partial charge in [0.25, 0.3) is 0 Å². The number of hydrogen-bond acceptors (Lipinski definition) is 3. The average Bonchev–Trinajstić information content (AvgIpc) is 2.50. The lowest BCUT2D eigenvalue weighted by Gasteiger charge is -1.94. The molecule has 0 aliphatic heterocycles. The molecule has 0 saturated carbocycles. The van der Waals surface area contributed by atoms with E-state index in [9.17, 15) is 0 Å². The quantitative estimate of drug-likeness (QED) is 0.615. The molecule has 3 N–H and O–H groups in total. The van der Waals surface area contributed by atoms with Gasteiger partial charge in [0.05, 0.1) is 23.6 Å². The second-order valence-corrected chi connectivity index (χ2v) is 2.30. The molecule has 2 aromatic heterocycles. The van der Waals surface area contributed by atoms with Crippen LogP contribution in [0.3, 0.4) is 0 Å². The average molecular weight is 148 g/mol. The summed E-state index contributed by atoms with van der Waals surface area (Å²) in [6.07, 6.45) is 5.12. The molecule has 0 radical (unpaired) electrons. The number of pyridine rings is 1. The first kappa shape index (κ1) is 6.30. The van der Waals surface area contributed by atoms with Crippen LogP contribution in [0.5, 0.6) is 0 Å². The minimum Gasteiger partial charge on any atom is -0.343 e. The fraction of sp³-hybridized carbons (Fsp3) is 0.143. The van der Waals surface area contributed by atoms with E-state index in [1.165, 1.54) is 0 Å². The SMILES string of the molecule is NCc1cncc2[nH]cnc12. The molecule has 11 heavy (non-hydrogen) atoms. The first-order valence-corrected chi connectivity index (χ1v) is 3.38. The van der Waals surface area contributed by atoms with E-state index in [0.29, 0.717) is 6.54 Å². The van der Waals surface area contributed by atoms with E-state index in [-0.39, 0.29) is 0 Å². The lowest BCUT2D eigenvalue weighted by atomic mass is 10.2. The molecule has 56 valence electrons. The van der Waals surface area contributed by atoms with Gasteiger partial charge in [0.2, 0.25) is 0 Å². The summed E-state index contributed by atoms with van der Waals surface area (Å²) in [5, 5.41) is 0. The molecule has 0 fully saturated rings. The van der Waals surface area contributed by atoms with Crippen molar-refractivity contribution in [3.05, 3.63) is 24.3 Å². The molecule has 0 bridgehead atoms. The summed E-state index contributed by atoms with van der Waals surface area (Å²) in [5.41, 5.74) is 8.31. The standard InChI is InChI=1S/C7H8N4/c8-1-5-2-9-3-6-7(5)11-4-10-6/h2-4H,1,8H2,(H,10,11). The molecule has 2 rings (SSSR count). The predicted octanol–water partition coefficient (Wildman–Crippen LogP) is 0.417. The van der Waals surface area contributed by atoms with Crippen LogP contribution in [0.15, 0.2) is 18.7 Å². The van der Waals surface area contributed by atoms with Crippen LogP contribution in [0, 0.1) is 0 Å². The Morgan fingerprint density at radius 1 is 1.45 bits per heavy atom. The summed E-state index contributed by atoms with van der Waals surface area (Å²) < 4.78 is 0. The summed E-state index contributed by atoms with van der Waals surface area (Å²) in [6.45, 7) is 0.481. The number of hydrogen-bond donors (Lipinski definition) is 2. The molecule has 0 aliphatic carbocycles. The summed E-state index contributed by atoms with van der Waals surface area (Å²) in [7, 11) is 0. The van der Waals surface area contributed by atoms with Crippen molar-refractivity contribution in [2.45, 2.75) is 6.54 Å². The van der Waals surface area contributed by atoms with E-state index in [0.717, 1.165) is 16.6 Å². The van der Waals surface area contributed by atoms with Gasteiger partial charge in [0, 0.05) is 18.3 Å². The molecule has 0 spiro atoms. The maximum atomic E-state index is 5.48. The van der Waals surface area contributed by atoms with E-state index in [1.807, 2.05) is 0 Å². The van der Waals surface area contributed by atoms with Gasteiger partial charge in [0.15, 0.2) is 0 Å². The van der Waals surface area contributed by atoms with Crippen molar-refractivity contribution in [3.8, 4) is 0 Å². The van der Waals surface area contributed by atoms with Crippen LogP contribution in [0.2, 0.25) is 0 Å². The highest BCUT2D eigenvalue weighted by Gasteiger charge is 2.00. The Kier molecular flexibility index (Phi) is 1.33. The molecule has 0 saturated heterocycles. The lowest BCUT2D eigenvalue weighted by molar-refractivity contribution is 1.06. The maximum Gasteiger partial charge on any atom is 0.0958 e. The van der Waals surface area contributed by atoms with Crippen molar-refractivity contribution in [3.63, 3.8) is 0 Å². The number of rotatable bonds is 1. The van der Waals surface area contributed by atoms with Crippen molar-refractivity contribution >= 4 is 11.0 Å². The third-order valence-corrected chi connectivity index (χ3v) is 1.63. The Labute approximate surface area is 63.5 Å². The fourth-order valence-corrected chi connectivity index (χ4v) is 1.07. The predicted molar refractivity (Wildman–Crippen MR) is 41.8 cm³/mol. The number of nitrogens with two attached hydrogens (primary N) is 1. The van der Waals surface area contributed by atoms with E-state index < -0.39 is 0 Å². The third kappa shape index (κ3) is 0.877. The van der Waals surface area contributed by atoms with Gasteiger partial charge in [-0.25, -0.2) is 4.98 Å². The van der Waals surface area contributed by atoms with Gasteiger partial charge in [-0.05, 0) is 0 Å². The molecular weight excluding hydrogens is 140 g/mol. The molecule has 4 nitrogen and oxygen atoms in total. The zero-order valence-corrected chi connectivity index (χ0v) is 5.91. The maximum absolute atomic E-state index is 5.48. The molecule has 0 aromatic carbocycles. The van der Waals surface area contributed by atoms with Crippen molar-refractivity contribution in [1.82, 2.24) is 15.0 Å². The number of nitrogens with zero attached hydrogens (tertiary/aromatic N) is 2. The second-order valence-electron chi connectivity index (χ2n) is 2.30. The summed E-state index contributed by atoms with van der Waals surface area (Å²) >= 11 is 0. The van der Waals surface area contributed by atoms with Crippen LogP contribution in [0.1, 0.15) is 5.56 Å². The van der Waals surface area contributed by atoms with Crippen LogP contribution < -0.4 is 5.73 Å². The van der Waals surface area contributed by atoms with Gasteiger partial charge in [-0.15, -0.1) is 0 Å². The van der Waals surface area contributed by atoms with E-state index in [4.69, 9.17) is 5.73 Å². The Hall–Kier alpha value is -1.42. The highest BCUT2D eigenvalue weighted by atomic mass is 14.9. The first-order chi connectivity index (χ1) is 5.42. The Balaban J connectivity index is 2.79. The van der Waals surface area contributed by atoms with Crippen LogP contribution in [0.25, 0.3) is 11.0 Å². The van der Waals surface area contributed by atoms with Crippen molar-refractivity contribution < 1.29 is 0 Å². The van der Waals surface area contributed by atoms with E-state index in [2.05, 4.69) is 15.0 Å². The minimum atomic E-state index is 0.481. The number of H-pyrrole nitrogens is 1. The molecule has 0 aliphatic rings. The van der Waals surface area contributed by atoms with E-state index >= 15 is 0 Å². The Morgan fingerprint density at radius 3 is 3.18 bits per heavy atom. The molecule has 4 heteroatoms. The van der Waals surface area contributed by atoms with Crippen LogP contribution in [-0.4, -0.2) is 15.0 Å². The Morgan fingerprint density at radius 2 is 2.36 bits per heavy atom. The number of aromatic amines is 1. The van der Waals surface area contributed by atoms with Gasteiger partial charge < -0.3 is 10.7 Å². The van der Waals surface area contributed by atoms with Crippen molar-refractivity contribution in [1.29, 1.82) is 0 Å². The van der Waals surface area contributed by atoms with Crippen LogP contribution in [0.4, 0.5) is 0 Å².